The number of anilines is 1. The Morgan fingerprint density at radius 1 is 1.00 bits per heavy atom. The second-order valence-corrected chi connectivity index (χ2v) is 8.45. The van der Waals surface area contributed by atoms with E-state index in [9.17, 15) is 18.0 Å². The third kappa shape index (κ3) is 6.38. The van der Waals surface area contributed by atoms with Crippen molar-refractivity contribution in [1.82, 2.24) is 5.32 Å². The molecule has 2 N–H and O–H groups in total. The molecular weight excluding hydrogens is 380 g/mol. The number of esters is 1. The van der Waals surface area contributed by atoms with E-state index >= 15 is 0 Å². The van der Waals surface area contributed by atoms with Crippen molar-refractivity contribution in [2.45, 2.75) is 25.7 Å². The number of sulfonamides is 1. The Bertz CT molecular complexity index is 920. The van der Waals surface area contributed by atoms with Gasteiger partial charge in [0.05, 0.1) is 10.5 Å². The molecule has 0 saturated heterocycles. The lowest BCUT2D eigenvalue weighted by atomic mass is 10.2. The summed E-state index contributed by atoms with van der Waals surface area (Å²) in [5.41, 5.74) is 1.62. The van der Waals surface area contributed by atoms with Gasteiger partial charge in [0, 0.05) is 12.2 Å². The van der Waals surface area contributed by atoms with Crippen LogP contribution in [0.5, 0.6) is 0 Å². The monoisotopic (exact) mass is 404 g/mol. The molecule has 2 rings (SSSR count). The van der Waals surface area contributed by atoms with E-state index in [1.165, 1.54) is 24.3 Å². The molecule has 0 heterocycles. The van der Waals surface area contributed by atoms with Gasteiger partial charge in [-0.25, -0.2) is 13.2 Å². The van der Waals surface area contributed by atoms with Crippen molar-refractivity contribution in [2.24, 2.45) is 5.92 Å². The first-order valence-corrected chi connectivity index (χ1v) is 10.3. The minimum absolute atomic E-state index is 0.0132. The molecule has 0 radical (unpaired) electrons. The molecule has 0 bridgehead atoms. The predicted molar refractivity (Wildman–Crippen MR) is 107 cm³/mol. The number of nitrogens with one attached hydrogen (secondary N) is 2. The maximum absolute atomic E-state index is 12.4. The van der Waals surface area contributed by atoms with E-state index in [1.54, 1.807) is 24.3 Å². The Kier molecular flexibility index (Phi) is 7.17. The molecule has 0 aromatic heterocycles. The van der Waals surface area contributed by atoms with Crippen LogP contribution in [0.25, 0.3) is 0 Å². The molecule has 0 unspecified atom stereocenters. The number of carbonyl (C=O) groups is 2. The fourth-order valence-electron chi connectivity index (χ4n) is 2.19. The number of carbonyl (C=O) groups excluding carboxylic acids is 2. The zero-order chi connectivity index (χ0) is 20.7. The van der Waals surface area contributed by atoms with Gasteiger partial charge in [0.2, 0.25) is 0 Å². The summed E-state index contributed by atoms with van der Waals surface area (Å²) in [5, 5.41) is 2.64. The van der Waals surface area contributed by atoms with Crippen molar-refractivity contribution in [3.8, 4) is 0 Å². The van der Waals surface area contributed by atoms with Crippen LogP contribution in [-0.2, 0) is 19.6 Å². The minimum Gasteiger partial charge on any atom is -0.452 e. The number of hydrogen-bond acceptors (Lipinski definition) is 5. The largest absolute Gasteiger partial charge is 0.452 e. The third-order valence-electron chi connectivity index (χ3n) is 3.75. The van der Waals surface area contributed by atoms with Crippen molar-refractivity contribution in [2.75, 3.05) is 17.9 Å². The van der Waals surface area contributed by atoms with E-state index in [0.717, 1.165) is 5.56 Å². The molecule has 0 aliphatic carbocycles. The molecule has 8 heteroatoms. The first-order valence-electron chi connectivity index (χ1n) is 8.81. The SMILES string of the molecule is Cc1ccc(NS(=O)(=O)c2ccc(C(=O)OCC(=O)NCC(C)C)cc2)cc1. The van der Waals surface area contributed by atoms with Crippen molar-refractivity contribution >= 4 is 27.6 Å². The van der Waals surface area contributed by atoms with E-state index in [-0.39, 0.29) is 23.0 Å². The number of aryl methyl sites for hydroxylation is 1. The Hall–Kier alpha value is -2.87. The topological polar surface area (TPSA) is 102 Å². The summed E-state index contributed by atoms with van der Waals surface area (Å²) in [7, 11) is -3.78. The van der Waals surface area contributed by atoms with Crippen molar-refractivity contribution in [3.63, 3.8) is 0 Å². The fraction of sp³-hybridized carbons (Fsp3) is 0.300. The van der Waals surface area contributed by atoms with Crippen LogP contribution in [0.3, 0.4) is 0 Å². The molecule has 2 aromatic carbocycles. The van der Waals surface area contributed by atoms with Gasteiger partial charge in [-0.2, -0.15) is 0 Å². The van der Waals surface area contributed by atoms with Gasteiger partial charge >= 0.3 is 5.97 Å². The molecule has 0 spiro atoms. The maximum Gasteiger partial charge on any atom is 0.338 e. The molecule has 0 fully saturated rings. The van der Waals surface area contributed by atoms with Crippen LogP contribution < -0.4 is 10.0 Å². The molecule has 0 atom stereocenters. The summed E-state index contributed by atoms with van der Waals surface area (Å²) >= 11 is 0. The highest BCUT2D eigenvalue weighted by Crippen LogP contribution is 2.17. The number of rotatable bonds is 8. The van der Waals surface area contributed by atoms with Crippen LogP contribution in [0.4, 0.5) is 5.69 Å². The first kappa shape index (κ1) is 21.4. The molecule has 7 nitrogen and oxygen atoms in total. The van der Waals surface area contributed by atoms with Crippen LogP contribution in [0.15, 0.2) is 53.4 Å². The second-order valence-electron chi connectivity index (χ2n) is 6.77. The van der Waals surface area contributed by atoms with E-state index < -0.39 is 16.0 Å². The molecule has 0 saturated carbocycles. The number of hydrogen-bond donors (Lipinski definition) is 2. The molecule has 0 aliphatic rings. The quantitative estimate of drug-likeness (QED) is 0.659. The summed E-state index contributed by atoms with van der Waals surface area (Å²) in [4.78, 5) is 23.6. The number of amides is 1. The Morgan fingerprint density at radius 3 is 2.18 bits per heavy atom. The van der Waals surface area contributed by atoms with Gasteiger partial charge in [-0.1, -0.05) is 31.5 Å². The summed E-state index contributed by atoms with van der Waals surface area (Å²) in [6.07, 6.45) is 0. The van der Waals surface area contributed by atoms with Gasteiger partial charge in [-0.3, -0.25) is 9.52 Å². The lowest BCUT2D eigenvalue weighted by Gasteiger charge is -2.10. The smallest absolute Gasteiger partial charge is 0.338 e. The lowest BCUT2D eigenvalue weighted by Crippen LogP contribution is -2.31. The zero-order valence-corrected chi connectivity index (χ0v) is 16.9. The van der Waals surface area contributed by atoms with Crippen LogP contribution in [0.2, 0.25) is 0 Å². The third-order valence-corrected chi connectivity index (χ3v) is 5.14. The maximum atomic E-state index is 12.4. The van der Waals surface area contributed by atoms with Gasteiger partial charge < -0.3 is 10.1 Å². The van der Waals surface area contributed by atoms with Crippen molar-refractivity contribution in [1.29, 1.82) is 0 Å². The second kappa shape index (κ2) is 9.36. The lowest BCUT2D eigenvalue weighted by molar-refractivity contribution is -0.124. The van der Waals surface area contributed by atoms with Crippen LogP contribution in [-0.4, -0.2) is 33.4 Å². The highest BCUT2D eigenvalue weighted by Gasteiger charge is 2.16. The summed E-state index contributed by atoms with van der Waals surface area (Å²) in [5.74, 6) is -0.790. The molecule has 0 aliphatic heterocycles. The molecule has 2 aromatic rings. The van der Waals surface area contributed by atoms with Gasteiger partial charge in [0.15, 0.2) is 6.61 Å². The normalized spacial score (nSPS) is 11.1. The predicted octanol–water partition coefficient (Wildman–Crippen LogP) is 2.72. The summed E-state index contributed by atoms with van der Waals surface area (Å²) in [6, 6.07) is 12.3. The summed E-state index contributed by atoms with van der Waals surface area (Å²) in [6.45, 7) is 5.92. The Morgan fingerprint density at radius 2 is 1.61 bits per heavy atom. The standard InChI is InChI=1S/C20H24N2O5S/c1-14(2)12-21-19(23)13-27-20(24)16-6-10-18(11-7-16)28(25,26)22-17-8-4-15(3)5-9-17/h4-11,14,22H,12-13H2,1-3H3,(H,21,23). The van der Waals surface area contributed by atoms with Crippen LogP contribution in [0.1, 0.15) is 29.8 Å². The fourth-order valence-corrected chi connectivity index (χ4v) is 3.25. The summed E-state index contributed by atoms with van der Waals surface area (Å²) < 4.78 is 32.3. The molecule has 28 heavy (non-hydrogen) atoms. The molecule has 150 valence electrons. The van der Waals surface area contributed by atoms with Gasteiger partial charge in [-0.15, -0.1) is 0 Å². The Balaban J connectivity index is 1.97. The highest BCUT2D eigenvalue weighted by atomic mass is 32.2. The first-order chi connectivity index (χ1) is 13.2. The van der Waals surface area contributed by atoms with Gasteiger partial charge in [-0.05, 0) is 49.2 Å². The van der Waals surface area contributed by atoms with Gasteiger partial charge in [0.25, 0.3) is 15.9 Å². The van der Waals surface area contributed by atoms with E-state index in [4.69, 9.17) is 4.74 Å². The average Bonchev–Trinajstić information content (AvgIpc) is 2.66. The van der Waals surface area contributed by atoms with Crippen molar-refractivity contribution < 1.29 is 22.7 Å². The van der Waals surface area contributed by atoms with Gasteiger partial charge in [0.1, 0.15) is 0 Å². The molecule has 1 amide bonds. The highest BCUT2D eigenvalue weighted by molar-refractivity contribution is 7.92. The average molecular weight is 404 g/mol. The number of benzene rings is 2. The Labute approximate surface area is 165 Å². The number of ether oxygens (including phenoxy) is 1. The van der Waals surface area contributed by atoms with E-state index in [0.29, 0.717) is 18.2 Å². The zero-order valence-electron chi connectivity index (χ0n) is 16.1. The van der Waals surface area contributed by atoms with E-state index in [2.05, 4.69) is 10.0 Å². The minimum atomic E-state index is -3.78. The van der Waals surface area contributed by atoms with Crippen LogP contribution in [0, 0.1) is 12.8 Å². The molecular formula is C20H24N2O5S. The van der Waals surface area contributed by atoms with Crippen molar-refractivity contribution in [3.05, 3.63) is 59.7 Å². The van der Waals surface area contributed by atoms with Crippen LogP contribution >= 0.6 is 0 Å². The van der Waals surface area contributed by atoms with E-state index in [1.807, 2.05) is 20.8 Å².